The number of aromatic nitrogens is 3. The van der Waals surface area contributed by atoms with Crippen molar-refractivity contribution in [1.29, 1.82) is 0 Å². The molecule has 0 bridgehead atoms. The summed E-state index contributed by atoms with van der Waals surface area (Å²) < 4.78 is 15.6. The van der Waals surface area contributed by atoms with Crippen molar-refractivity contribution in [3.05, 3.63) is 94.8 Å². The Morgan fingerprint density at radius 1 is 1.03 bits per heavy atom. The molecule has 1 amide bonds. The number of nitrogens with zero attached hydrogens (tertiary/aromatic N) is 5. The molecule has 1 aliphatic heterocycles. The Morgan fingerprint density at radius 3 is 2.51 bits per heavy atom. The number of amides is 1. The molecular formula is C27H28FN5OS. The van der Waals surface area contributed by atoms with Crippen molar-refractivity contribution in [2.45, 2.75) is 39.3 Å². The van der Waals surface area contributed by atoms with Crippen molar-refractivity contribution in [3.8, 4) is 0 Å². The fourth-order valence-electron chi connectivity index (χ4n) is 4.35. The zero-order chi connectivity index (χ0) is 24.2. The summed E-state index contributed by atoms with van der Waals surface area (Å²) in [5.74, 6) is 0.182. The first-order chi connectivity index (χ1) is 17.1. The molecule has 1 saturated heterocycles. The number of imidazole rings is 1. The van der Waals surface area contributed by atoms with E-state index in [2.05, 4.69) is 9.88 Å². The van der Waals surface area contributed by atoms with E-state index in [1.54, 1.807) is 34.6 Å². The van der Waals surface area contributed by atoms with E-state index in [0.717, 1.165) is 35.3 Å². The first-order valence-corrected chi connectivity index (χ1v) is 12.8. The highest BCUT2D eigenvalue weighted by Crippen LogP contribution is 2.27. The highest BCUT2D eigenvalue weighted by molar-refractivity contribution is 7.13. The van der Waals surface area contributed by atoms with Crippen LogP contribution in [0, 0.1) is 12.7 Å². The van der Waals surface area contributed by atoms with Gasteiger partial charge in [0, 0.05) is 36.9 Å². The quantitative estimate of drug-likeness (QED) is 0.336. The van der Waals surface area contributed by atoms with Gasteiger partial charge in [0.2, 0.25) is 0 Å². The van der Waals surface area contributed by atoms with E-state index in [-0.39, 0.29) is 11.7 Å². The van der Waals surface area contributed by atoms with Gasteiger partial charge in [0.15, 0.2) is 5.13 Å². The lowest BCUT2D eigenvalue weighted by atomic mass is 10.1. The predicted octanol–water partition coefficient (Wildman–Crippen LogP) is 5.67. The minimum atomic E-state index is -0.342. The Morgan fingerprint density at radius 2 is 1.77 bits per heavy atom. The van der Waals surface area contributed by atoms with Gasteiger partial charge in [-0.2, -0.15) is 0 Å². The van der Waals surface area contributed by atoms with Crippen LogP contribution in [0.1, 0.15) is 46.8 Å². The Kier molecular flexibility index (Phi) is 6.90. The zero-order valence-corrected chi connectivity index (χ0v) is 20.5. The molecule has 0 aliphatic carbocycles. The number of thiazole rings is 1. The normalized spacial score (nSPS) is 13.7. The highest BCUT2D eigenvalue weighted by Gasteiger charge is 2.23. The maximum Gasteiger partial charge on any atom is 0.278 e. The molecule has 0 spiro atoms. The second-order valence-corrected chi connectivity index (χ2v) is 9.66. The number of halogens is 1. The molecule has 6 nitrogen and oxygen atoms in total. The molecule has 0 saturated carbocycles. The SMILES string of the molecule is Cc1nc(C(=O)N(Cc2csc(N3CCCCC3)n2)c2ccc(F)cc2)cn1Cc1ccccc1. The van der Waals surface area contributed by atoms with Crippen LogP contribution < -0.4 is 9.80 Å². The summed E-state index contributed by atoms with van der Waals surface area (Å²) in [6.45, 7) is 4.86. The predicted molar refractivity (Wildman–Crippen MR) is 138 cm³/mol. The fourth-order valence-corrected chi connectivity index (χ4v) is 5.22. The molecule has 4 aromatic rings. The monoisotopic (exact) mass is 489 g/mol. The lowest BCUT2D eigenvalue weighted by Gasteiger charge is -2.26. The van der Waals surface area contributed by atoms with Crippen molar-refractivity contribution in [1.82, 2.24) is 14.5 Å². The summed E-state index contributed by atoms with van der Waals surface area (Å²) in [7, 11) is 0. The number of benzene rings is 2. The minimum absolute atomic E-state index is 0.237. The number of piperidine rings is 1. The van der Waals surface area contributed by atoms with Crippen LogP contribution in [0.5, 0.6) is 0 Å². The van der Waals surface area contributed by atoms with Gasteiger partial charge in [-0.15, -0.1) is 11.3 Å². The number of rotatable bonds is 7. The van der Waals surface area contributed by atoms with Crippen LogP contribution in [0.2, 0.25) is 0 Å². The molecular weight excluding hydrogens is 461 g/mol. The molecule has 0 atom stereocenters. The van der Waals surface area contributed by atoms with E-state index in [0.29, 0.717) is 24.5 Å². The van der Waals surface area contributed by atoms with Gasteiger partial charge in [-0.3, -0.25) is 4.79 Å². The lowest BCUT2D eigenvalue weighted by Crippen LogP contribution is -2.31. The van der Waals surface area contributed by atoms with Crippen LogP contribution in [0.25, 0.3) is 0 Å². The Balaban J connectivity index is 1.40. The molecule has 0 radical (unpaired) electrons. The number of carbonyl (C=O) groups excluding carboxylic acids is 1. The van der Waals surface area contributed by atoms with Gasteiger partial charge in [-0.1, -0.05) is 30.3 Å². The van der Waals surface area contributed by atoms with Gasteiger partial charge < -0.3 is 14.4 Å². The standard InChI is InChI=1S/C27H28FN5OS/c1-20-29-25(18-32(20)16-21-8-4-2-5-9-21)26(34)33(24-12-10-22(28)11-13-24)17-23-19-35-27(30-23)31-14-6-3-7-15-31/h2,4-5,8-13,18-19H,3,6-7,14-17H2,1H3. The average Bonchev–Trinajstić information content (AvgIpc) is 3.51. The second kappa shape index (κ2) is 10.4. The van der Waals surface area contributed by atoms with Crippen LogP contribution in [-0.4, -0.2) is 33.5 Å². The topological polar surface area (TPSA) is 54.3 Å². The van der Waals surface area contributed by atoms with Crippen molar-refractivity contribution < 1.29 is 9.18 Å². The fraction of sp³-hybridized carbons (Fsp3) is 0.296. The largest absolute Gasteiger partial charge is 0.348 e. The van der Waals surface area contributed by atoms with Crippen LogP contribution in [0.15, 0.2) is 66.2 Å². The Bertz CT molecular complexity index is 1280. The van der Waals surface area contributed by atoms with Crippen molar-refractivity contribution in [2.24, 2.45) is 0 Å². The summed E-state index contributed by atoms with van der Waals surface area (Å²) in [5.41, 5.74) is 2.91. The second-order valence-electron chi connectivity index (χ2n) is 8.82. The van der Waals surface area contributed by atoms with Gasteiger partial charge in [0.25, 0.3) is 5.91 Å². The molecule has 3 heterocycles. The molecule has 35 heavy (non-hydrogen) atoms. The summed E-state index contributed by atoms with van der Waals surface area (Å²) in [6.07, 6.45) is 5.42. The molecule has 2 aromatic carbocycles. The summed E-state index contributed by atoms with van der Waals surface area (Å²) in [6, 6.07) is 16.1. The number of anilines is 2. The lowest BCUT2D eigenvalue weighted by molar-refractivity contribution is 0.0980. The molecule has 0 N–H and O–H groups in total. The van der Waals surface area contributed by atoms with E-state index in [4.69, 9.17) is 4.98 Å². The van der Waals surface area contributed by atoms with Crippen molar-refractivity contribution in [2.75, 3.05) is 22.9 Å². The van der Waals surface area contributed by atoms with Crippen LogP contribution >= 0.6 is 11.3 Å². The van der Waals surface area contributed by atoms with Crippen LogP contribution in [0.3, 0.4) is 0 Å². The summed E-state index contributed by atoms with van der Waals surface area (Å²) in [4.78, 5) is 27.0. The molecule has 180 valence electrons. The average molecular weight is 490 g/mol. The van der Waals surface area contributed by atoms with Gasteiger partial charge in [-0.05, 0) is 56.0 Å². The first-order valence-electron chi connectivity index (χ1n) is 11.9. The third kappa shape index (κ3) is 5.43. The van der Waals surface area contributed by atoms with E-state index in [9.17, 15) is 9.18 Å². The molecule has 1 aliphatic rings. The Hall–Kier alpha value is -3.52. The van der Waals surface area contributed by atoms with E-state index in [1.165, 1.54) is 31.4 Å². The first kappa shape index (κ1) is 23.2. The van der Waals surface area contributed by atoms with Gasteiger partial charge >= 0.3 is 0 Å². The smallest absolute Gasteiger partial charge is 0.278 e. The van der Waals surface area contributed by atoms with Gasteiger partial charge in [0.05, 0.1) is 12.2 Å². The molecule has 1 fully saturated rings. The van der Waals surface area contributed by atoms with Crippen molar-refractivity contribution >= 4 is 28.1 Å². The Labute approximate surface area is 208 Å². The minimum Gasteiger partial charge on any atom is -0.348 e. The van der Waals surface area contributed by atoms with E-state index in [1.807, 2.05) is 47.2 Å². The molecule has 8 heteroatoms. The molecule has 5 rings (SSSR count). The van der Waals surface area contributed by atoms with Crippen LogP contribution in [0.4, 0.5) is 15.2 Å². The highest BCUT2D eigenvalue weighted by atomic mass is 32.1. The van der Waals surface area contributed by atoms with Crippen molar-refractivity contribution in [3.63, 3.8) is 0 Å². The van der Waals surface area contributed by atoms with E-state index < -0.39 is 0 Å². The van der Waals surface area contributed by atoms with Crippen LogP contribution in [-0.2, 0) is 13.1 Å². The van der Waals surface area contributed by atoms with E-state index >= 15 is 0 Å². The third-order valence-corrected chi connectivity index (χ3v) is 7.21. The third-order valence-electron chi connectivity index (χ3n) is 6.26. The summed E-state index contributed by atoms with van der Waals surface area (Å²) >= 11 is 1.61. The number of carbonyl (C=O) groups is 1. The summed E-state index contributed by atoms with van der Waals surface area (Å²) in [5, 5.41) is 3.00. The molecule has 2 aromatic heterocycles. The number of hydrogen-bond acceptors (Lipinski definition) is 5. The maximum absolute atomic E-state index is 13.7. The molecule has 0 unspecified atom stereocenters. The number of hydrogen-bond donors (Lipinski definition) is 0. The maximum atomic E-state index is 13.7. The van der Waals surface area contributed by atoms with Gasteiger partial charge in [0.1, 0.15) is 17.3 Å². The number of aryl methyl sites for hydroxylation is 1. The van der Waals surface area contributed by atoms with Gasteiger partial charge in [-0.25, -0.2) is 14.4 Å². The zero-order valence-electron chi connectivity index (χ0n) is 19.7.